The Morgan fingerprint density at radius 3 is 2.64 bits per heavy atom. The van der Waals surface area contributed by atoms with Gasteiger partial charge >= 0.3 is 0 Å². The van der Waals surface area contributed by atoms with Crippen LogP contribution in [0.1, 0.15) is 40.0 Å². The average Bonchev–Trinajstić information content (AvgIpc) is 2.72. The van der Waals surface area contributed by atoms with Gasteiger partial charge in [0.15, 0.2) is 0 Å². The van der Waals surface area contributed by atoms with Gasteiger partial charge in [0.05, 0.1) is 11.1 Å². The number of nitrogen functional groups attached to an aromatic ring is 1. The van der Waals surface area contributed by atoms with Crippen LogP contribution in [-0.2, 0) is 9.59 Å². The zero-order chi connectivity index (χ0) is 15.9. The Kier molecular flexibility index (Phi) is 3.40. The summed E-state index contributed by atoms with van der Waals surface area (Å²) >= 11 is 0. The fourth-order valence-electron chi connectivity index (χ4n) is 2.86. The number of nitrogens with two attached hydrogens (primary N) is 1. The van der Waals surface area contributed by atoms with Gasteiger partial charge in [-0.15, -0.1) is 0 Å². The maximum atomic E-state index is 12.3. The Labute approximate surface area is 126 Å². The van der Waals surface area contributed by atoms with Crippen LogP contribution in [-0.4, -0.2) is 35.1 Å². The Morgan fingerprint density at radius 2 is 1.95 bits per heavy atom. The first-order valence-electron chi connectivity index (χ1n) is 7.07. The van der Waals surface area contributed by atoms with Crippen molar-refractivity contribution in [1.29, 1.82) is 0 Å². The molecule has 7 heteroatoms. The van der Waals surface area contributed by atoms with E-state index < -0.39 is 5.91 Å². The minimum atomic E-state index is -0.426. The molecular formula is C15H15N3O4. The molecule has 22 heavy (non-hydrogen) atoms. The van der Waals surface area contributed by atoms with Gasteiger partial charge in [-0.05, 0) is 25.0 Å². The molecule has 0 aliphatic carbocycles. The van der Waals surface area contributed by atoms with E-state index in [-0.39, 0.29) is 47.9 Å². The molecule has 2 aliphatic heterocycles. The Bertz CT molecular complexity index is 698. The van der Waals surface area contributed by atoms with E-state index in [4.69, 9.17) is 5.73 Å². The lowest BCUT2D eigenvalue weighted by molar-refractivity contribution is -0.136. The van der Waals surface area contributed by atoms with E-state index in [0.29, 0.717) is 18.4 Å². The fraction of sp³-hybridized carbons (Fsp3) is 0.333. The van der Waals surface area contributed by atoms with Gasteiger partial charge in [0.2, 0.25) is 11.8 Å². The van der Waals surface area contributed by atoms with E-state index in [1.54, 1.807) is 18.2 Å². The molecule has 3 rings (SSSR count). The molecule has 1 saturated heterocycles. The van der Waals surface area contributed by atoms with Crippen molar-refractivity contribution in [2.45, 2.75) is 19.3 Å². The summed E-state index contributed by atoms with van der Waals surface area (Å²) in [6.07, 6.45) is 1.06. The van der Waals surface area contributed by atoms with Crippen molar-refractivity contribution in [3.63, 3.8) is 0 Å². The molecule has 1 aromatic rings. The number of amides is 4. The first-order valence-corrected chi connectivity index (χ1v) is 7.07. The molecule has 0 radical (unpaired) electrons. The maximum absolute atomic E-state index is 12.3. The molecule has 1 fully saturated rings. The molecule has 3 N–H and O–H groups in total. The lowest BCUT2D eigenvalue weighted by atomic mass is 9.94. The number of carbonyl (C=O) groups excluding carboxylic acids is 4. The van der Waals surface area contributed by atoms with Gasteiger partial charge in [-0.1, -0.05) is 6.07 Å². The molecular weight excluding hydrogens is 286 g/mol. The molecule has 2 aliphatic rings. The van der Waals surface area contributed by atoms with Crippen LogP contribution in [0.4, 0.5) is 5.69 Å². The smallest absolute Gasteiger partial charge is 0.263 e. The van der Waals surface area contributed by atoms with Crippen molar-refractivity contribution in [1.82, 2.24) is 10.2 Å². The van der Waals surface area contributed by atoms with Crippen LogP contribution in [0.2, 0.25) is 0 Å². The topological polar surface area (TPSA) is 110 Å². The van der Waals surface area contributed by atoms with E-state index in [9.17, 15) is 19.2 Å². The van der Waals surface area contributed by atoms with E-state index in [0.717, 1.165) is 4.90 Å². The van der Waals surface area contributed by atoms with E-state index >= 15 is 0 Å². The number of imide groups is 2. The van der Waals surface area contributed by atoms with E-state index in [2.05, 4.69) is 5.32 Å². The average molecular weight is 301 g/mol. The molecule has 1 aromatic carbocycles. The van der Waals surface area contributed by atoms with Crippen molar-refractivity contribution >= 4 is 29.3 Å². The Morgan fingerprint density at radius 1 is 1.18 bits per heavy atom. The summed E-state index contributed by atoms with van der Waals surface area (Å²) in [5.41, 5.74) is 6.57. The summed E-state index contributed by atoms with van der Waals surface area (Å²) in [6.45, 7) is 0.137. The minimum Gasteiger partial charge on any atom is -0.398 e. The first kappa shape index (κ1) is 14.2. The summed E-state index contributed by atoms with van der Waals surface area (Å²) in [5.74, 6) is -1.80. The van der Waals surface area contributed by atoms with E-state index in [1.807, 2.05) is 0 Å². The molecule has 1 atom stereocenters. The van der Waals surface area contributed by atoms with E-state index in [1.165, 1.54) is 0 Å². The number of hydrogen-bond donors (Lipinski definition) is 2. The highest BCUT2D eigenvalue weighted by molar-refractivity contribution is 6.23. The second-order valence-corrected chi connectivity index (χ2v) is 5.47. The van der Waals surface area contributed by atoms with Gasteiger partial charge in [0.1, 0.15) is 0 Å². The van der Waals surface area contributed by atoms with Crippen LogP contribution < -0.4 is 11.1 Å². The van der Waals surface area contributed by atoms with Crippen LogP contribution in [0.25, 0.3) is 0 Å². The first-order chi connectivity index (χ1) is 10.5. The van der Waals surface area contributed by atoms with Gasteiger partial charge in [-0.2, -0.15) is 0 Å². The molecule has 0 spiro atoms. The van der Waals surface area contributed by atoms with Crippen molar-refractivity contribution in [3.8, 4) is 0 Å². The monoisotopic (exact) mass is 301 g/mol. The standard InChI is InChI=1S/C15H15N3O4/c16-10-3-1-2-9-12(10)15(22)18(14(9)21)7-6-8-4-5-11(19)17-13(8)20/h1-3,8H,4-7,16H2,(H,17,19,20). The highest BCUT2D eigenvalue weighted by atomic mass is 16.2. The molecule has 114 valence electrons. The Hall–Kier alpha value is -2.70. The lowest BCUT2D eigenvalue weighted by Crippen LogP contribution is -2.42. The molecule has 2 heterocycles. The summed E-state index contributed by atoms with van der Waals surface area (Å²) < 4.78 is 0. The third-order valence-electron chi connectivity index (χ3n) is 4.09. The van der Waals surface area contributed by atoms with Gasteiger partial charge < -0.3 is 5.73 Å². The molecule has 0 saturated carbocycles. The highest BCUT2D eigenvalue weighted by Gasteiger charge is 2.37. The van der Waals surface area contributed by atoms with Gasteiger partial charge in [-0.3, -0.25) is 29.4 Å². The van der Waals surface area contributed by atoms with Crippen LogP contribution in [0.15, 0.2) is 18.2 Å². The number of carbonyl (C=O) groups is 4. The summed E-state index contributed by atoms with van der Waals surface area (Å²) in [4.78, 5) is 48.5. The van der Waals surface area contributed by atoms with Crippen LogP contribution in [0.3, 0.4) is 0 Å². The minimum absolute atomic E-state index is 0.137. The highest BCUT2D eigenvalue weighted by Crippen LogP contribution is 2.28. The summed E-state index contributed by atoms with van der Waals surface area (Å²) in [7, 11) is 0. The Balaban J connectivity index is 1.71. The van der Waals surface area contributed by atoms with Gasteiger partial charge in [0.25, 0.3) is 11.8 Å². The van der Waals surface area contributed by atoms with Crippen molar-refractivity contribution in [3.05, 3.63) is 29.3 Å². The number of anilines is 1. The number of piperidine rings is 1. The predicted molar refractivity (Wildman–Crippen MR) is 76.7 cm³/mol. The second-order valence-electron chi connectivity index (χ2n) is 5.47. The molecule has 0 bridgehead atoms. The lowest BCUT2D eigenvalue weighted by Gasteiger charge is -2.22. The summed E-state index contributed by atoms with van der Waals surface area (Å²) in [6, 6.07) is 4.77. The fourth-order valence-corrected chi connectivity index (χ4v) is 2.86. The second kappa shape index (κ2) is 5.25. The van der Waals surface area contributed by atoms with Crippen LogP contribution in [0.5, 0.6) is 0 Å². The number of nitrogens with one attached hydrogen (secondary N) is 1. The van der Waals surface area contributed by atoms with Gasteiger partial charge in [-0.25, -0.2) is 0 Å². The quantitative estimate of drug-likeness (QED) is 0.616. The van der Waals surface area contributed by atoms with Crippen molar-refractivity contribution < 1.29 is 19.2 Å². The largest absolute Gasteiger partial charge is 0.398 e. The van der Waals surface area contributed by atoms with Crippen molar-refractivity contribution in [2.75, 3.05) is 12.3 Å². The third kappa shape index (κ3) is 2.24. The number of nitrogens with zero attached hydrogens (tertiary/aromatic N) is 1. The number of fused-ring (bicyclic) bond motifs is 1. The SMILES string of the molecule is Nc1cccc2c1C(=O)N(CCC1CCC(=O)NC1=O)C2=O. The zero-order valence-corrected chi connectivity index (χ0v) is 11.8. The molecule has 0 aromatic heterocycles. The zero-order valence-electron chi connectivity index (χ0n) is 11.8. The third-order valence-corrected chi connectivity index (χ3v) is 4.09. The number of benzene rings is 1. The maximum Gasteiger partial charge on any atom is 0.263 e. The molecule has 1 unspecified atom stereocenters. The van der Waals surface area contributed by atoms with Gasteiger partial charge in [0, 0.05) is 24.6 Å². The van der Waals surface area contributed by atoms with Crippen LogP contribution in [0, 0.1) is 5.92 Å². The number of rotatable bonds is 3. The summed E-state index contributed by atoms with van der Waals surface area (Å²) in [5, 5.41) is 2.27. The number of hydrogen-bond acceptors (Lipinski definition) is 5. The van der Waals surface area contributed by atoms with Crippen molar-refractivity contribution in [2.24, 2.45) is 5.92 Å². The normalized spacial score (nSPS) is 21.1. The predicted octanol–water partition coefficient (Wildman–Crippen LogP) is 0.308. The van der Waals surface area contributed by atoms with Crippen LogP contribution >= 0.6 is 0 Å². The molecule has 4 amide bonds. The molecule has 7 nitrogen and oxygen atoms in total.